The number of nitrogens with one attached hydrogen (secondary N) is 2. The van der Waals surface area contributed by atoms with E-state index in [-0.39, 0.29) is 0 Å². The first kappa shape index (κ1) is 28.1. The molecule has 2 N–H and O–H groups in total. The number of benzene rings is 3. The monoisotopic (exact) mass is 540 g/mol. The number of carbonyl (C=O) groups excluding carboxylic acids is 3. The van der Waals surface area contributed by atoms with Crippen LogP contribution in [0, 0.1) is 6.92 Å². The number of hydrogen-bond acceptors (Lipinski definition) is 6. The van der Waals surface area contributed by atoms with E-state index in [1.54, 1.807) is 42.9 Å². The van der Waals surface area contributed by atoms with E-state index in [1.807, 2.05) is 67.6 Å². The second-order valence-electron chi connectivity index (χ2n) is 9.33. The summed E-state index contributed by atoms with van der Waals surface area (Å²) in [7, 11) is 3.07. The lowest BCUT2D eigenvalue weighted by atomic mass is 10.0. The number of esters is 1. The summed E-state index contributed by atoms with van der Waals surface area (Å²) in [5.74, 6) is -0.936. The molecule has 0 spiro atoms. The molecule has 2 atom stereocenters. The van der Waals surface area contributed by atoms with Crippen LogP contribution in [0.4, 0.5) is 10.5 Å². The molecule has 4 aromatic rings. The van der Waals surface area contributed by atoms with E-state index >= 15 is 0 Å². The highest BCUT2D eigenvalue weighted by Gasteiger charge is 2.23. The molecule has 40 heavy (non-hydrogen) atoms. The second-order valence-corrected chi connectivity index (χ2v) is 9.33. The van der Waals surface area contributed by atoms with E-state index in [4.69, 9.17) is 9.47 Å². The Balaban J connectivity index is 1.48. The summed E-state index contributed by atoms with van der Waals surface area (Å²) in [6.07, 6.45) is -0.731. The maximum absolute atomic E-state index is 13.0. The first-order chi connectivity index (χ1) is 19.3. The van der Waals surface area contributed by atoms with Crippen molar-refractivity contribution in [2.24, 2.45) is 7.05 Å². The lowest BCUT2D eigenvalue weighted by Crippen LogP contribution is -2.43. The topological polar surface area (TPSA) is 112 Å². The van der Waals surface area contributed by atoms with Gasteiger partial charge < -0.3 is 14.8 Å². The minimum absolute atomic E-state index is 0.304. The lowest BCUT2D eigenvalue weighted by molar-refractivity contribution is -0.142. The number of aryl methyl sites for hydroxylation is 1. The molecule has 0 saturated carbocycles. The van der Waals surface area contributed by atoms with Crippen molar-refractivity contribution in [3.63, 3.8) is 0 Å². The quantitative estimate of drug-likeness (QED) is 0.282. The van der Waals surface area contributed by atoms with Crippen LogP contribution in [-0.2, 0) is 27.7 Å². The Labute approximate surface area is 233 Å². The van der Waals surface area contributed by atoms with Crippen LogP contribution >= 0.6 is 0 Å². The Hall–Kier alpha value is -4.92. The molecule has 9 nitrogen and oxygen atoms in total. The van der Waals surface area contributed by atoms with E-state index in [0.717, 1.165) is 16.8 Å². The van der Waals surface area contributed by atoms with Crippen LogP contribution in [0.2, 0.25) is 0 Å². The van der Waals surface area contributed by atoms with E-state index in [1.165, 1.54) is 7.11 Å². The average molecular weight is 541 g/mol. The van der Waals surface area contributed by atoms with Gasteiger partial charge in [0.25, 0.3) is 5.91 Å². The Kier molecular flexibility index (Phi) is 8.96. The molecule has 0 radical (unpaired) electrons. The number of aromatic nitrogens is 2. The molecular weight excluding hydrogens is 508 g/mol. The van der Waals surface area contributed by atoms with Gasteiger partial charge in [-0.25, -0.2) is 9.59 Å². The van der Waals surface area contributed by atoms with Crippen molar-refractivity contribution >= 4 is 23.7 Å². The number of anilines is 1. The molecule has 0 aliphatic rings. The van der Waals surface area contributed by atoms with E-state index in [9.17, 15) is 14.4 Å². The van der Waals surface area contributed by atoms with E-state index in [2.05, 4.69) is 15.7 Å². The van der Waals surface area contributed by atoms with Gasteiger partial charge in [-0.3, -0.25) is 14.8 Å². The first-order valence-corrected chi connectivity index (χ1v) is 12.9. The summed E-state index contributed by atoms with van der Waals surface area (Å²) in [4.78, 5) is 38.1. The van der Waals surface area contributed by atoms with Crippen LogP contribution < -0.4 is 10.6 Å². The highest BCUT2D eigenvalue weighted by atomic mass is 16.6. The summed E-state index contributed by atoms with van der Waals surface area (Å²) in [5.41, 5.74) is 4.63. The van der Waals surface area contributed by atoms with Gasteiger partial charge in [0, 0.05) is 24.6 Å². The number of nitrogens with zero attached hydrogens (tertiary/aromatic N) is 2. The molecule has 0 aliphatic carbocycles. The highest BCUT2D eigenvalue weighted by Crippen LogP contribution is 2.30. The Morgan fingerprint density at radius 1 is 0.925 bits per heavy atom. The van der Waals surface area contributed by atoms with Crippen LogP contribution in [0.15, 0.2) is 84.9 Å². The molecule has 0 fully saturated rings. The molecule has 2 amide bonds. The SMILES string of the molecule is COC(=O)C(Cc1ccccc1)NC(=O)c1ccc(-c2nn(C)c(C)c2NC(=O)O[C@H](C)c2ccccc2)cc1. The van der Waals surface area contributed by atoms with Gasteiger partial charge in [-0.2, -0.15) is 5.10 Å². The summed E-state index contributed by atoms with van der Waals surface area (Å²) in [6.45, 7) is 3.65. The van der Waals surface area contributed by atoms with Crippen molar-refractivity contribution in [3.05, 3.63) is 107 Å². The molecule has 1 unspecified atom stereocenters. The van der Waals surface area contributed by atoms with E-state index < -0.39 is 30.1 Å². The molecule has 3 aromatic carbocycles. The maximum Gasteiger partial charge on any atom is 0.412 e. The second kappa shape index (κ2) is 12.8. The standard InChI is InChI=1S/C31H32N4O5/c1-20-27(33-31(38)40-21(2)23-13-9-6-10-14-23)28(34-35(20)3)24-15-17-25(18-16-24)29(36)32-26(30(37)39-4)19-22-11-7-5-8-12-22/h5-18,21,26H,19H2,1-4H3,(H,32,36)(H,33,38)/t21-,26?/m1/s1. The fourth-order valence-electron chi connectivity index (χ4n) is 4.25. The third-order valence-electron chi connectivity index (χ3n) is 6.61. The fourth-order valence-corrected chi connectivity index (χ4v) is 4.25. The van der Waals surface area contributed by atoms with Crippen molar-refractivity contribution in [3.8, 4) is 11.3 Å². The third kappa shape index (κ3) is 6.74. The first-order valence-electron chi connectivity index (χ1n) is 12.9. The number of ether oxygens (including phenoxy) is 2. The van der Waals surface area contributed by atoms with Gasteiger partial charge in [0.05, 0.1) is 18.5 Å². The highest BCUT2D eigenvalue weighted by molar-refractivity contribution is 5.98. The number of hydrogen-bond donors (Lipinski definition) is 2. The summed E-state index contributed by atoms with van der Waals surface area (Å²) in [5, 5.41) is 10.2. The minimum atomic E-state index is -0.835. The minimum Gasteiger partial charge on any atom is -0.467 e. The zero-order chi connectivity index (χ0) is 28.6. The lowest BCUT2D eigenvalue weighted by Gasteiger charge is -2.17. The van der Waals surface area contributed by atoms with Gasteiger partial charge >= 0.3 is 12.1 Å². The Morgan fingerprint density at radius 3 is 2.17 bits per heavy atom. The Bertz CT molecular complexity index is 1470. The van der Waals surface area contributed by atoms with Gasteiger partial charge in [0.1, 0.15) is 17.8 Å². The third-order valence-corrected chi connectivity index (χ3v) is 6.61. The molecule has 0 bridgehead atoms. The maximum atomic E-state index is 13.0. The van der Waals surface area contributed by atoms with Crippen LogP contribution in [0.5, 0.6) is 0 Å². The van der Waals surface area contributed by atoms with E-state index in [0.29, 0.717) is 28.9 Å². The summed E-state index contributed by atoms with van der Waals surface area (Å²) in [6, 6.07) is 24.8. The van der Waals surface area contributed by atoms with Crippen molar-refractivity contribution in [2.75, 3.05) is 12.4 Å². The summed E-state index contributed by atoms with van der Waals surface area (Å²) < 4.78 is 12.1. The largest absolute Gasteiger partial charge is 0.467 e. The molecule has 206 valence electrons. The van der Waals surface area contributed by atoms with Gasteiger partial charge in [-0.15, -0.1) is 0 Å². The predicted octanol–water partition coefficient (Wildman–Crippen LogP) is 5.22. The number of methoxy groups -OCH3 is 1. The molecular formula is C31H32N4O5. The van der Waals surface area contributed by atoms with Crippen molar-refractivity contribution in [1.29, 1.82) is 0 Å². The fraction of sp³-hybridized carbons (Fsp3) is 0.226. The van der Waals surface area contributed by atoms with Crippen molar-refractivity contribution in [2.45, 2.75) is 32.4 Å². The average Bonchev–Trinajstić information content (AvgIpc) is 3.25. The van der Waals surface area contributed by atoms with Crippen LogP contribution in [0.3, 0.4) is 0 Å². The molecule has 1 heterocycles. The predicted molar refractivity (Wildman–Crippen MR) is 152 cm³/mol. The molecule has 9 heteroatoms. The zero-order valence-electron chi connectivity index (χ0n) is 22.9. The number of amides is 2. The van der Waals surface area contributed by atoms with Crippen LogP contribution in [0.25, 0.3) is 11.3 Å². The number of rotatable bonds is 9. The smallest absolute Gasteiger partial charge is 0.412 e. The van der Waals surface area contributed by atoms with Crippen LogP contribution in [0.1, 0.15) is 40.2 Å². The number of carbonyl (C=O) groups is 3. The van der Waals surface area contributed by atoms with Gasteiger partial charge in [-0.1, -0.05) is 72.8 Å². The van der Waals surface area contributed by atoms with Crippen molar-refractivity contribution in [1.82, 2.24) is 15.1 Å². The van der Waals surface area contributed by atoms with Crippen LogP contribution in [-0.4, -0.2) is 40.9 Å². The molecule has 4 rings (SSSR count). The molecule has 1 aromatic heterocycles. The normalized spacial score (nSPS) is 12.2. The van der Waals surface area contributed by atoms with Gasteiger partial charge in [0.15, 0.2) is 0 Å². The zero-order valence-corrected chi connectivity index (χ0v) is 22.9. The Morgan fingerprint density at radius 2 is 1.55 bits per heavy atom. The molecule has 0 saturated heterocycles. The summed E-state index contributed by atoms with van der Waals surface area (Å²) >= 11 is 0. The molecule has 0 aliphatic heterocycles. The van der Waals surface area contributed by atoms with Crippen molar-refractivity contribution < 1.29 is 23.9 Å². The van der Waals surface area contributed by atoms with Gasteiger partial charge in [-0.05, 0) is 37.1 Å². The van der Waals surface area contributed by atoms with Gasteiger partial charge in [0.2, 0.25) is 0 Å².